The summed E-state index contributed by atoms with van der Waals surface area (Å²) < 4.78 is 0. The summed E-state index contributed by atoms with van der Waals surface area (Å²) >= 11 is 0. The fourth-order valence-corrected chi connectivity index (χ4v) is 0. The molecule has 0 aliphatic carbocycles. The van der Waals surface area contributed by atoms with Gasteiger partial charge in [0.2, 0.25) is 0 Å². The van der Waals surface area contributed by atoms with E-state index in [1.165, 1.54) is 0 Å². The second kappa shape index (κ2) is 26.5. The largest absolute Gasteiger partial charge is 2.00 e. The zero-order valence-corrected chi connectivity index (χ0v) is 12.5. The zero-order chi connectivity index (χ0) is 0. The first-order valence-electron chi connectivity index (χ1n) is 0. The summed E-state index contributed by atoms with van der Waals surface area (Å²) in [5.74, 6) is 0. The molecular formula is AgCuFePbZn+6. The van der Waals surface area contributed by atoms with Crippen molar-refractivity contribution in [2.75, 3.05) is 0 Å². The molecule has 0 rings (SSSR count). The number of hydrogen-bond donors (Lipinski definition) is 0. The van der Waals surface area contributed by atoms with Crippen LogP contribution in [0.25, 0.3) is 0 Å². The number of rotatable bonds is 0. The Morgan fingerprint density at radius 2 is 1.00 bits per heavy atom. The van der Waals surface area contributed by atoms with Crippen LogP contribution in [-0.2, 0) is 76.0 Å². The minimum absolute atomic E-state index is 0. The molecule has 5 heavy (non-hydrogen) atoms. The summed E-state index contributed by atoms with van der Waals surface area (Å²) in [6.07, 6.45) is 0. The van der Waals surface area contributed by atoms with Gasteiger partial charge in [-0.2, -0.15) is 0 Å². The Labute approximate surface area is 101 Å². The van der Waals surface area contributed by atoms with Gasteiger partial charge in [0.15, 0.2) is 0 Å². The van der Waals surface area contributed by atoms with E-state index in [0.717, 1.165) is 0 Å². The Hall–Kier alpha value is 3.32. The first kappa shape index (κ1) is 40.4. The summed E-state index contributed by atoms with van der Waals surface area (Å²) in [5, 5.41) is 0. The first-order chi connectivity index (χ1) is 0. The fraction of sp³-hybridized carbons (Fsp3) is 0. The molecule has 0 N–H and O–H groups in total. The Bertz CT molecular complexity index is 11.6. The van der Waals surface area contributed by atoms with E-state index in [-0.39, 0.29) is 103 Å². The molecule has 0 aromatic carbocycles. The molecule has 5 heteroatoms. The monoisotopic (exact) mass is 498 g/mol. The Balaban J connectivity index is 0. The van der Waals surface area contributed by atoms with Gasteiger partial charge in [-0.1, -0.05) is 0 Å². The maximum atomic E-state index is 0. The second-order valence-electron chi connectivity index (χ2n) is 0. The third-order valence-corrected chi connectivity index (χ3v) is 0. The van der Waals surface area contributed by atoms with Crippen LogP contribution in [0.3, 0.4) is 0 Å². The summed E-state index contributed by atoms with van der Waals surface area (Å²) in [5.41, 5.74) is 0. The van der Waals surface area contributed by atoms with Gasteiger partial charge in [-0.05, 0) is 0 Å². The van der Waals surface area contributed by atoms with Gasteiger partial charge < -0.3 is 0 Å². The molecular weight excluding hydrogens is 500 g/mol. The molecule has 0 spiro atoms. The van der Waals surface area contributed by atoms with E-state index < -0.39 is 0 Å². The maximum absolute atomic E-state index is 0. The summed E-state index contributed by atoms with van der Waals surface area (Å²) in [7, 11) is 0. The van der Waals surface area contributed by atoms with Gasteiger partial charge >= 0.3 is 76.0 Å². The zero-order valence-electron chi connectivity index (χ0n) is 2.16. The topological polar surface area (TPSA) is 0 Å². The van der Waals surface area contributed by atoms with Crippen LogP contribution in [0, 0.1) is 0 Å². The SMILES string of the molecule is [Ag+].[Cu+].[Fe+2].[Pb].[Zn+2]. The third-order valence-electron chi connectivity index (χ3n) is 0. The molecule has 0 unspecified atom stereocenters. The first-order valence-corrected chi connectivity index (χ1v) is 0. The minimum Gasteiger partial charge on any atom is 0 e. The maximum Gasteiger partial charge on any atom is 2.00 e. The molecule has 0 fully saturated rings. The van der Waals surface area contributed by atoms with Crippen LogP contribution in [0.5, 0.6) is 0 Å². The van der Waals surface area contributed by atoms with Gasteiger partial charge in [-0.3, -0.25) is 0 Å². The van der Waals surface area contributed by atoms with Crippen molar-refractivity contribution in [2.45, 2.75) is 0 Å². The molecule has 0 aliphatic heterocycles. The van der Waals surface area contributed by atoms with Gasteiger partial charge in [0, 0.05) is 27.3 Å². The molecule has 0 bridgehead atoms. The summed E-state index contributed by atoms with van der Waals surface area (Å²) in [6, 6.07) is 0. The van der Waals surface area contributed by atoms with Gasteiger partial charge in [0.1, 0.15) is 0 Å². The van der Waals surface area contributed by atoms with E-state index in [4.69, 9.17) is 0 Å². The molecule has 30 valence electrons. The van der Waals surface area contributed by atoms with Crippen molar-refractivity contribution < 1.29 is 76.0 Å². The molecule has 0 aromatic heterocycles. The Morgan fingerprint density at radius 1 is 1.00 bits per heavy atom. The minimum atomic E-state index is 0. The predicted molar refractivity (Wildman–Crippen MR) is 5.75 cm³/mol. The van der Waals surface area contributed by atoms with Crippen LogP contribution in [0.1, 0.15) is 0 Å². The smallest absolute Gasteiger partial charge is 0 e. The summed E-state index contributed by atoms with van der Waals surface area (Å²) in [4.78, 5) is 0. The van der Waals surface area contributed by atoms with E-state index in [2.05, 4.69) is 0 Å². The molecule has 0 heterocycles. The van der Waals surface area contributed by atoms with Crippen LogP contribution in [-0.4, -0.2) is 27.3 Å². The van der Waals surface area contributed by atoms with Crippen molar-refractivity contribution in [3.8, 4) is 0 Å². The molecule has 0 amide bonds. The molecule has 0 atom stereocenters. The van der Waals surface area contributed by atoms with E-state index in [9.17, 15) is 0 Å². The van der Waals surface area contributed by atoms with Crippen LogP contribution in [0.15, 0.2) is 0 Å². The van der Waals surface area contributed by atoms with Gasteiger partial charge in [0.05, 0.1) is 0 Å². The van der Waals surface area contributed by atoms with E-state index in [1.54, 1.807) is 0 Å². The fourth-order valence-electron chi connectivity index (χ4n) is 0. The quantitative estimate of drug-likeness (QED) is 0.398. The van der Waals surface area contributed by atoms with Crippen molar-refractivity contribution in [3.63, 3.8) is 0 Å². The average molecular weight is 500 g/mol. The molecule has 0 aliphatic rings. The molecule has 0 aromatic rings. The van der Waals surface area contributed by atoms with E-state index >= 15 is 0 Å². The normalized spacial score (nSPS) is 0. The van der Waals surface area contributed by atoms with Gasteiger partial charge in [0.25, 0.3) is 0 Å². The molecule has 0 saturated heterocycles. The number of hydrogen-bond acceptors (Lipinski definition) is 0. The van der Waals surface area contributed by atoms with Crippen LogP contribution in [0.4, 0.5) is 0 Å². The average Bonchev–Trinajstić information content (AvgIpc) is 0. The van der Waals surface area contributed by atoms with E-state index in [1.807, 2.05) is 0 Å². The van der Waals surface area contributed by atoms with Crippen molar-refractivity contribution >= 4 is 27.3 Å². The summed E-state index contributed by atoms with van der Waals surface area (Å²) in [6.45, 7) is 0. The van der Waals surface area contributed by atoms with E-state index in [0.29, 0.717) is 0 Å². The third kappa shape index (κ3) is 18.8. The van der Waals surface area contributed by atoms with Gasteiger partial charge in [-0.25, -0.2) is 0 Å². The second-order valence-corrected chi connectivity index (χ2v) is 0. The predicted octanol–water partition coefficient (Wildman–Crippen LogP) is -0.391. The van der Waals surface area contributed by atoms with Gasteiger partial charge in [-0.15, -0.1) is 0 Å². The van der Waals surface area contributed by atoms with Crippen LogP contribution in [0.2, 0.25) is 0 Å². The van der Waals surface area contributed by atoms with Crippen molar-refractivity contribution in [1.29, 1.82) is 0 Å². The van der Waals surface area contributed by atoms with Crippen molar-refractivity contribution in [2.24, 2.45) is 0 Å². The molecule has 0 saturated carbocycles. The molecule has 4 radical (unpaired) electrons. The standard InChI is InChI=1S/Ag.Cu.Fe.Pb.Zn/q2*+1;+2;;+2. The van der Waals surface area contributed by atoms with Crippen molar-refractivity contribution in [1.82, 2.24) is 0 Å². The van der Waals surface area contributed by atoms with Crippen molar-refractivity contribution in [3.05, 3.63) is 0 Å². The Kier molecular flexibility index (Phi) is 214. The van der Waals surface area contributed by atoms with Crippen LogP contribution >= 0.6 is 0 Å². The van der Waals surface area contributed by atoms with Crippen LogP contribution < -0.4 is 0 Å². The molecule has 0 nitrogen and oxygen atoms in total. The Morgan fingerprint density at radius 3 is 1.00 bits per heavy atom.